The van der Waals surface area contributed by atoms with Crippen LogP contribution in [0.25, 0.3) is 10.1 Å². The van der Waals surface area contributed by atoms with Gasteiger partial charge in [-0.3, -0.25) is 9.59 Å². The van der Waals surface area contributed by atoms with Crippen molar-refractivity contribution in [3.63, 3.8) is 0 Å². The molecule has 1 aromatic heterocycles. The number of fused-ring (bicyclic) bond motifs is 1. The molecule has 2 aromatic rings. The molecule has 1 aliphatic carbocycles. The third-order valence-corrected chi connectivity index (χ3v) is 7.15. The van der Waals surface area contributed by atoms with Crippen molar-refractivity contribution >= 4 is 44.9 Å². The van der Waals surface area contributed by atoms with Crippen LogP contribution in [0.4, 0.5) is 5.69 Å². The third-order valence-electron chi connectivity index (χ3n) is 6.05. The van der Waals surface area contributed by atoms with Gasteiger partial charge in [0.1, 0.15) is 10.9 Å². The summed E-state index contributed by atoms with van der Waals surface area (Å²) in [5.74, 6) is -0.223. The molecule has 7 heteroatoms. The largest absolute Gasteiger partial charge is 0.462 e. The fourth-order valence-electron chi connectivity index (χ4n) is 4.54. The Morgan fingerprint density at radius 1 is 1.10 bits per heavy atom. The van der Waals surface area contributed by atoms with Crippen LogP contribution in [0.5, 0.6) is 0 Å². The Kier molecular flexibility index (Phi) is 6.37. The zero-order chi connectivity index (χ0) is 21.1. The van der Waals surface area contributed by atoms with Crippen LogP contribution in [0.2, 0.25) is 0 Å². The van der Waals surface area contributed by atoms with Crippen LogP contribution in [-0.4, -0.2) is 41.9 Å². The van der Waals surface area contributed by atoms with E-state index in [9.17, 15) is 14.4 Å². The SMILES string of the molecule is CCOC(=O)c1cc2cc(NC(=O)[C@H]3CCCN3C(=O)C3CCCCC3)ccc2s1. The van der Waals surface area contributed by atoms with Gasteiger partial charge in [-0.05, 0) is 62.3 Å². The molecule has 30 heavy (non-hydrogen) atoms. The Morgan fingerprint density at radius 2 is 1.90 bits per heavy atom. The van der Waals surface area contributed by atoms with Crippen molar-refractivity contribution in [2.24, 2.45) is 5.92 Å². The summed E-state index contributed by atoms with van der Waals surface area (Å²) in [5, 5.41) is 3.87. The predicted octanol–water partition coefficient (Wildman–Crippen LogP) is 4.59. The van der Waals surface area contributed by atoms with Crippen LogP contribution in [-0.2, 0) is 14.3 Å². The van der Waals surface area contributed by atoms with Crippen LogP contribution in [0.3, 0.4) is 0 Å². The summed E-state index contributed by atoms with van der Waals surface area (Å²) < 4.78 is 6.03. The normalized spacial score (nSPS) is 19.8. The van der Waals surface area contributed by atoms with E-state index in [2.05, 4.69) is 5.32 Å². The summed E-state index contributed by atoms with van der Waals surface area (Å²) in [7, 11) is 0. The fourth-order valence-corrected chi connectivity index (χ4v) is 5.47. The lowest BCUT2D eigenvalue weighted by Crippen LogP contribution is -2.46. The molecular formula is C23H28N2O4S. The highest BCUT2D eigenvalue weighted by atomic mass is 32.1. The molecule has 2 heterocycles. The summed E-state index contributed by atoms with van der Waals surface area (Å²) in [6, 6.07) is 7.01. The Labute approximate surface area is 180 Å². The maximum Gasteiger partial charge on any atom is 0.348 e. The second-order valence-electron chi connectivity index (χ2n) is 8.10. The van der Waals surface area contributed by atoms with Crippen LogP contribution < -0.4 is 5.32 Å². The lowest BCUT2D eigenvalue weighted by Gasteiger charge is -2.30. The van der Waals surface area contributed by atoms with Crippen LogP contribution in [0.15, 0.2) is 24.3 Å². The van der Waals surface area contributed by atoms with E-state index in [1.165, 1.54) is 17.8 Å². The zero-order valence-corrected chi connectivity index (χ0v) is 18.1. The quantitative estimate of drug-likeness (QED) is 0.707. The minimum Gasteiger partial charge on any atom is -0.462 e. The number of anilines is 1. The van der Waals surface area contributed by atoms with Crippen molar-refractivity contribution in [3.8, 4) is 0 Å². The van der Waals surface area contributed by atoms with Gasteiger partial charge in [-0.1, -0.05) is 19.3 Å². The molecule has 1 saturated heterocycles. The van der Waals surface area contributed by atoms with E-state index in [-0.39, 0.29) is 23.7 Å². The molecular weight excluding hydrogens is 400 g/mol. The second kappa shape index (κ2) is 9.16. The third kappa shape index (κ3) is 4.36. The molecule has 0 bridgehead atoms. The second-order valence-corrected chi connectivity index (χ2v) is 9.18. The number of carbonyl (C=O) groups is 3. The molecule has 4 rings (SSSR count). The average molecular weight is 429 g/mol. The molecule has 1 atom stereocenters. The van der Waals surface area contributed by atoms with Crippen molar-refractivity contribution in [2.75, 3.05) is 18.5 Å². The zero-order valence-electron chi connectivity index (χ0n) is 17.3. The number of carbonyl (C=O) groups excluding carboxylic acids is 3. The van der Waals surface area contributed by atoms with Crippen molar-refractivity contribution < 1.29 is 19.1 Å². The van der Waals surface area contributed by atoms with E-state index in [0.717, 1.165) is 42.2 Å². The number of hydrogen-bond donors (Lipinski definition) is 1. The van der Waals surface area contributed by atoms with Gasteiger partial charge in [-0.15, -0.1) is 11.3 Å². The Bertz CT molecular complexity index is 948. The first-order valence-corrected chi connectivity index (χ1v) is 11.7. The van der Waals surface area contributed by atoms with E-state index in [1.54, 1.807) is 17.9 Å². The standard InChI is InChI=1S/C23H28N2O4S/c1-2-29-23(28)20-14-16-13-17(10-11-19(16)30-20)24-21(26)18-9-6-12-25(18)22(27)15-7-4-3-5-8-15/h10-11,13-15,18H,2-9,12H2,1H3,(H,24,26)/t18-/m1/s1. The maximum atomic E-state index is 13.0. The fraction of sp³-hybridized carbons (Fsp3) is 0.522. The molecule has 1 N–H and O–H groups in total. The van der Waals surface area contributed by atoms with E-state index in [4.69, 9.17) is 4.74 Å². The molecule has 0 spiro atoms. The smallest absolute Gasteiger partial charge is 0.348 e. The van der Waals surface area contributed by atoms with Crippen molar-refractivity contribution in [2.45, 2.75) is 57.9 Å². The van der Waals surface area contributed by atoms with Crippen molar-refractivity contribution in [1.29, 1.82) is 0 Å². The minimum atomic E-state index is -0.396. The Morgan fingerprint density at radius 3 is 2.67 bits per heavy atom. The van der Waals surface area contributed by atoms with E-state index in [0.29, 0.717) is 30.1 Å². The van der Waals surface area contributed by atoms with Gasteiger partial charge in [-0.25, -0.2) is 4.79 Å². The van der Waals surface area contributed by atoms with Gasteiger partial charge >= 0.3 is 5.97 Å². The topological polar surface area (TPSA) is 75.7 Å². The van der Waals surface area contributed by atoms with Gasteiger partial charge in [0.05, 0.1) is 6.61 Å². The molecule has 2 fully saturated rings. The number of hydrogen-bond acceptors (Lipinski definition) is 5. The molecule has 2 aliphatic rings. The highest BCUT2D eigenvalue weighted by Crippen LogP contribution is 2.31. The molecule has 1 aromatic carbocycles. The van der Waals surface area contributed by atoms with Gasteiger partial charge in [0.15, 0.2) is 0 Å². The number of thiophene rings is 1. The highest BCUT2D eigenvalue weighted by molar-refractivity contribution is 7.20. The summed E-state index contributed by atoms with van der Waals surface area (Å²) in [6.07, 6.45) is 6.88. The highest BCUT2D eigenvalue weighted by Gasteiger charge is 2.37. The van der Waals surface area contributed by atoms with E-state index < -0.39 is 6.04 Å². The monoisotopic (exact) mass is 428 g/mol. The molecule has 6 nitrogen and oxygen atoms in total. The number of rotatable bonds is 5. The maximum absolute atomic E-state index is 13.0. The van der Waals surface area contributed by atoms with Gasteiger partial charge < -0.3 is 15.0 Å². The first-order valence-electron chi connectivity index (χ1n) is 10.9. The Hall–Kier alpha value is -2.41. The van der Waals surface area contributed by atoms with Crippen LogP contribution in [0, 0.1) is 5.92 Å². The van der Waals surface area contributed by atoms with Crippen molar-refractivity contribution in [1.82, 2.24) is 4.90 Å². The first kappa shape index (κ1) is 20.8. The summed E-state index contributed by atoms with van der Waals surface area (Å²) in [4.78, 5) is 40.2. The van der Waals surface area contributed by atoms with E-state index >= 15 is 0 Å². The molecule has 0 radical (unpaired) electrons. The number of esters is 1. The number of likely N-dealkylation sites (tertiary alicyclic amines) is 1. The number of benzene rings is 1. The molecule has 160 valence electrons. The summed E-state index contributed by atoms with van der Waals surface area (Å²) >= 11 is 1.38. The lowest BCUT2D eigenvalue weighted by molar-refractivity contribution is -0.141. The van der Waals surface area contributed by atoms with Crippen molar-refractivity contribution in [3.05, 3.63) is 29.1 Å². The lowest BCUT2D eigenvalue weighted by atomic mass is 9.88. The van der Waals surface area contributed by atoms with Gasteiger partial charge in [0.25, 0.3) is 0 Å². The molecule has 0 unspecified atom stereocenters. The summed E-state index contributed by atoms with van der Waals surface area (Å²) in [5.41, 5.74) is 0.678. The van der Waals surface area contributed by atoms with Gasteiger partial charge in [0.2, 0.25) is 11.8 Å². The van der Waals surface area contributed by atoms with E-state index in [1.807, 2.05) is 18.2 Å². The minimum absolute atomic E-state index is 0.0793. The molecule has 2 amide bonds. The average Bonchev–Trinajstić information content (AvgIpc) is 3.41. The number of nitrogens with one attached hydrogen (secondary N) is 1. The Balaban J connectivity index is 1.45. The van der Waals surface area contributed by atoms with Crippen LogP contribution in [0.1, 0.15) is 61.5 Å². The summed E-state index contributed by atoms with van der Waals surface area (Å²) in [6.45, 7) is 2.79. The van der Waals surface area contributed by atoms with Gasteiger partial charge in [0, 0.05) is 22.8 Å². The molecule has 1 saturated carbocycles. The predicted molar refractivity (Wildman–Crippen MR) is 118 cm³/mol. The van der Waals surface area contributed by atoms with Crippen LogP contribution >= 0.6 is 11.3 Å². The number of nitrogens with zero attached hydrogens (tertiary/aromatic N) is 1. The number of amides is 2. The molecule has 1 aliphatic heterocycles. The number of ether oxygens (including phenoxy) is 1. The first-order chi connectivity index (χ1) is 14.6. The van der Waals surface area contributed by atoms with Gasteiger partial charge in [-0.2, -0.15) is 0 Å².